The molecule has 0 spiro atoms. The van der Waals surface area contributed by atoms with E-state index in [-0.39, 0.29) is 16.5 Å². The summed E-state index contributed by atoms with van der Waals surface area (Å²) >= 11 is 1.07. The SMILES string of the molecule is CCOC(=O)c1cc(-c2ccc(S(=O)(=O)NCCCN3CCC[C@@H](C)C3)s2)on1. The van der Waals surface area contributed by atoms with E-state index in [0.717, 1.165) is 37.4 Å². The highest BCUT2D eigenvalue weighted by Crippen LogP contribution is 2.31. The molecule has 1 saturated heterocycles. The average molecular weight is 442 g/mol. The number of esters is 1. The fourth-order valence-corrected chi connectivity index (χ4v) is 5.73. The van der Waals surface area contributed by atoms with Crippen molar-refractivity contribution >= 4 is 27.3 Å². The van der Waals surface area contributed by atoms with Crippen LogP contribution in [0.2, 0.25) is 0 Å². The van der Waals surface area contributed by atoms with Gasteiger partial charge >= 0.3 is 5.97 Å². The molecule has 3 heterocycles. The van der Waals surface area contributed by atoms with Gasteiger partial charge in [-0.2, -0.15) is 0 Å². The first-order valence-corrected chi connectivity index (χ1v) is 12.1. The van der Waals surface area contributed by atoms with Crippen LogP contribution in [0, 0.1) is 5.92 Å². The van der Waals surface area contributed by atoms with E-state index in [0.29, 0.717) is 23.1 Å². The van der Waals surface area contributed by atoms with Gasteiger partial charge in [0, 0.05) is 19.2 Å². The van der Waals surface area contributed by atoms with Crippen LogP contribution in [0.1, 0.15) is 43.6 Å². The van der Waals surface area contributed by atoms with Crippen LogP contribution in [0.4, 0.5) is 0 Å². The van der Waals surface area contributed by atoms with E-state index >= 15 is 0 Å². The molecule has 8 nitrogen and oxygen atoms in total. The van der Waals surface area contributed by atoms with Gasteiger partial charge < -0.3 is 14.2 Å². The molecular formula is C19H27N3O5S2. The van der Waals surface area contributed by atoms with E-state index < -0.39 is 16.0 Å². The molecule has 1 N–H and O–H groups in total. The summed E-state index contributed by atoms with van der Waals surface area (Å²) in [6.07, 6.45) is 3.26. The quantitative estimate of drug-likeness (QED) is 0.471. The van der Waals surface area contributed by atoms with Gasteiger partial charge in [-0.25, -0.2) is 17.9 Å². The lowest BCUT2D eigenvalue weighted by molar-refractivity contribution is 0.0514. The summed E-state index contributed by atoms with van der Waals surface area (Å²) in [6, 6.07) is 4.62. The summed E-state index contributed by atoms with van der Waals surface area (Å²) in [5.41, 5.74) is 0.0600. The van der Waals surface area contributed by atoms with E-state index in [4.69, 9.17) is 9.26 Å². The van der Waals surface area contributed by atoms with Crippen molar-refractivity contribution < 1.29 is 22.5 Å². The molecule has 0 aromatic carbocycles. The molecule has 2 aromatic rings. The first-order valence-electron chi connectivity index (χ1n) is 9.85. The summed E-state index contributed by atoms with van der Waals surface area (Å²) < 4.78 is 38.0. The largest absolute Gasteiger partial charge is 0.461 e. The molecule has 0 radical (unpaired) electrons. The Hall–Kier alpha value is -1.75. The molecule has 2 aromatic heterocycles. The summed E-state index contributed by atoms with van der Waals surface area (Å²) in [5, 5.41) is 3.68. The number of ether oxygens (including phenoxy) is 1. The molecule has 1 aliphatic heterocycles. The molecule has 3 rings (SSSR count). The monoisotopic (exact) mass is 441 g/mol. The Labute approximate surface area is 175 Å². The normalized spacial score (nSPS) is 18.1. The maximum atomic E-state index is 12.5. The number of hydrogen-bond acceptors (Lipinski definition) is 8. The number of nitrogens with zero attached hydrogens (tertiary/aromatic N) is 2. The van der Waals surface area contributed by atoms with E-state index in [1.165, 1.54) is 25.0 Å². The van der Waals surface area contributed by atoms with Crippen LogP contribution in [-0.2, 0) is 14.8 Å². The van der Waals surface area contributed by atoms with Crippen LogP contribution in [0.5, 0.6) is 0 Å². The fourth-order valence-electron chi connectivity index (χ4n) is 3.36. The van der Waals surface area contributed by atoms with Gasteiger partial charge in [0.2, 0.25) is 10.0 Å². The molecule has 1 fully saturated rings. The van der Waals surface area contributed by atoms with Gasteiger partial charge in [0.25, 0.3) is 0 Å². The topological polar surface area (TPSA) is 102 Å². The number of carbonyl (C=O) groups is 1. The smallest absolute Gasteiger partial charge is 0.360 e. The van der Waals surface area contributed by atoms with Crippen molar-refractivity contribution in [1.29, 1.82) is 0 Å². The molecule has 0 aliphatic carbocycles. The summed E-state index contributed by atoms with van der Waals surface area (Å²) in [6.45, 7) is 7.68. The van der Waals surface area contributed by atoms with Crippen molar-refractivity contribution in [2.24, 2.45) is 5.92 Å². The predicted molar refractivity (Wildman–Crippen MR) is 110 cm³/mol. The molecule has 0 amide bonds. The van der Waals surface area contributed by atoms with Gasteiger partial charge in [-0.05, 0) is 57.3 Å². The Bertz CT molecular complexity index is 922. The standard InChI is InChI=1S/C19H27N3O5S2/c1-3-26-19(23)15-12-16(27-21-15)17-7-8-18(28-17)29(24,25)20-9-5-11-22-10-4-6-14(2)13-22/h7-8,12,14,20H,3-6,9-11,13H2,1-2H3/t14-/m1/s1. The maximum absolute atomic E-state index is 12.5. The van der Waals surface area contributed by atoms with E-state index in [1.807, 2.05) is 0 Å². The van der Waals surface area contributed by atoms with Crippen molar-refractivity contribution in [3.05, 3.63) is 23.9 Å². The number of likely N-dealkylation sites (tertiary alicyclic amines) is 1. The third-order valence-corrected chi connectivity index (χ3v) is 7.82. The Balaban J connectivity index is 1.54. The number of sulfonamides is 1. The molecule has 160 valence electrons. The van der Waals surface area contributed by atoms with Gasteiger partial charge in [0.05, 0.1) is 11.5 Å². The van der Waals surface area contributed by atoms with Crippen LogP contribution >= 0.6 is 11.3 Å². The zero-order valence-electron chi connectivity index (χ0n) is 16.7. The Morgan fingerprint density at radius 2 is 2.28 bits per heavy atom. The third-order valence-electron chi connectivity index (χ3n) is 4.77. The van der Waals surface area contributed by atoms with Crippen molar-refractivity contribution in [2.75, 3.05) is 32.8 Å². The van der Waals surface area contributed by atoms with Crippen LogP contribution in [0.15, 0.2) is 26.9 Å². The summed E-state index contributed by atoms with van der Waals surface area (Å²) in [5.74, 6) is 0.473. The van der Waals surface area contributed by atoms with Crippen molar-refractivity contribution in [1.82, 2.24) is 14.8 Å². The maximum Gasteiger partial charge on any atom is 0.360 e. The molecule has 10 heteroatoms. The van der Waals surface area contributed by atoms with E-state index in [1.54, 1.807) is 13.0 Å². The van der Waals surface area contributed by atoms with Crippen molar-refractivity contribution in [3.63, 3.8) is 0 Å². The summed E-state index contributed by atoms with van der Waals surface area (Å²) in [7, 11) is -3.58. The molecular weight excluding hydrogens is 414 g/mol. The highest BCUT2D eigenvalue weighted by Gasteiger charge is 2.21. The second-order valence-electron chi connectivity index (χ2n) is 7.21. The molecule has 1 atom stereocenters. The Morgan fingerprint density at radius 3 is 3.03 bits per heavy atom. The number of hydrogen-bond donors (Lipinski definition) is 1. The molecule has 0 bridgehead atoms. The first kappa shape index (κ1) is 21.9. The molecule has 1 aliphatic rings. The van der Waals surface area contributed by atoms with E-state index in [9.17, 15) is 13.2 Å². The van der Waals surface area contributed by atoms with Crippen LogP contribution in [-0.4, -0.2) is 57.2 Å². The minimum Gasteiger partial charge on any atom is -0.461 e. The number of carbonyl (C=O) groups excluding carboxylic acids is 1. The lowest BCUT2D eigenvalue weighted by atomic mass is 10.0. The summed E-state index contributed by atoms with van der Waals surface area (Å²) in [4.78, 5) is 14.7. The van der Waals surface area contributed by atoms with Gasteiger partial charge in [-0.15, -0.1) is 11.3 Å². The van der Waals surface area contributed by atoms with Crippen LogP contribution in [0.3, 0.4) is 0 Å². The second kappa shape index (κ2) is 9.84. The second-order valence-corrected chi connectivity index (χ2v) is 10.3. The van der Waals surface area contributed by atoms with Crippen LogP contribution in [0.25, 0.3) is 10.6 Å². The number of piperidine rings is 1. The number of thiophene rings is 1. The zero-order valence-corrected chi connectivity index (χ0v) is 18.4. The number of aromatic nitrogens is 1. The average Bonchev–Trinajstić information content (AvgIpc) is 3.35. The predicted octanol–water partition coefficient (Wildman–Crippen LogP) is 2.98. The zero-order chi connectivity index (χ0) is 20.9. The Kier molecular flexibility index (Phi) is 7.44. The highest BCUT2D eigenvalue weighted by atomic mass is 32.2. The lowest BCUT2D eigenvalue weighted by Crippen LogP contribution is -2.36. The van der Waals surface area contributed by atoms with Gasteiger partial charge in [-0.3, -0.25) is 0 Å². The van der Waals surface area contributed by atoms with Crippen molar-refractivity contribution in [2.45, 2.75) is 37.3 Å². The minimum absolute atomic E-state index is 0.0600. The first-order chi connectivity index (χ1) is 13.9. The van der Waals surface area contributed by atoms with Gasteiger partial charge in [0.1, 0.15) is 4.21 Å². The highest BCUT2D eigenvalue weighted by molar-refractivity contribution is 7.91. The lowest BCUT2D eigenvalue weighted by Gasteiger charge is -2.30. The van der Waals surface area contributed by atoms with Gasteiger partial charge in [-0.1, -0.05) is 12.1 Å². The third kappa shape index (κ3) is 5.88. The minimum atomic E-state index is -3.58. The van der Waals surface area contributed by atoms with E-state index in [2.05, 4.69) is 21.7 Å². The van der Waals surface area contributed by atoms with Gasteiger partial charge in [0.15, 0.2) is 11.5 Å². The fraction of sp³-hybridized carbons (Fsp3) is 0.579. The molecule has 29 heavy (non-hydrogen) atoms. The number of nitrogens with one attached hydrogen (secondary N) is 1. The van der Waals surface area contributed by atoms with Crippen LogP contribution < -0.4 is 4.72 Å². The number of rotatable bonds is 9. The molecule has 0 saturated carbocycles. The molecule has 0 unspecified atom stereocenters. The van der Waals surface area contributed by atoms with Crippen molar-refractivity contribution in [3.8, 4) is 10.6 Å². The Morgan fingerprint density at radius 1 is 1.45 bits per heavy atom.